The molecule has 5 nitrogen and oxygen atoms in total. The molecule has 2 aromatic heterocycles. The number of nitrogens with two attached hydrogens (primary N) is 1. The number of nitrogen functional groups attached to an aromatic ring is 1. The van der Waals surface area contributed by atoms with Crippen molar-refractivity contribution in [1.29, 1.82) is 0 Å². The minimum absolute atomic E-state index is 0.546. The number of benzene rings is 2. The average Bonchev–Trinajstić information content (AvgIpc) is 3.00. The maximum Gasteiger partial charge on any atom is 0.264 e. The van der Waals surface area contributed by atoms with Crippen LogP contribution >= 0.6 is 11.8 Å². The Balaban J connectivity index is 1.72. The molecular weight excluding hydrogens is 272 g/mol. The third-order valence-electron chi connectivity index (χ3n) is 2.94. The van der Waals surface area contributed by atoms with Crippen LogP contribution in [0.15, 0.2) is 57.3 Å². The maximum absolute atomic E-state index is 5.73. The molecule has 0 spiro atoms. The molecule has 6 heteroatoms. The number of oxazole rings is 1. The number of hydrogen-bond donors (Lipinski definition) is 2. The molecule has 0 aliphatic carbocycles. The van der Waals surface area contributed by atoms with Gasteiger partial charge in [-0.3, -0.25) is 0 Å². The summed E-state index contributed by atoms with van der Waals surface area (Å²) in [4.78, 5) is 12.1. The van der Waals surface area contributed by atoms with Crippen molar-refractivity contribution in [1.82, 2.24) is 15.0 Å². The highest BCUT2D eigenvalue weighted by atomic mass is 32.2. The third kappa shape index (κ3) is 1.90. The predicted octanol–water partition coefficient (Wildman–Crippen LogP) is 3.44. The van der Waals surface area contributed by atoms with Crippen molar-refractivity contribution in [2.75, 3.05) is 5.73 Å². The van der Waals surface area contributed by atoms with E-state index in [4.69, 9.17) is 10.2 Å². The first kappa shape index (κ1) is 11.4. The second-order valence-corrected chi connectivity index (χ2v) is 5.31. The van der Waals surface area contributed by atoms with Crippen LogP contribution in [-0.2, 0) is 0 Å². The van der Waals surface area contributed by atoms with Crippen molar-refractivity contribution in [3.63, 3.8) is 0 Å². The molecule has 4 aromatic rings. The number of rotatable bonds is 2. The van der Waals surface area contributed by atoms with Crippen molar-refractivity contribution in [2.24, 2.45) is 0 Å². The van der Waals surface area contributed by atoms with Crippen LogP contribution in [0.4, 0.5) is 5.69 Å². The molecule has 0 aliphatic rings. The van der Waals surface area contributed by atoms with Crippen LogP contribution in [0.2, 0.25) is 0 Å². The zero-order valence-electron chi connectivity index (χ0n) is 10.3. The smallest absolute Gasteiger partial charge is 0.264 e. The molecule has 0 atom stereocenters. The first-order valence-corrected chi connectivity index (χ1v) is 6.88. The molecule has 4 rings (SSSR count). The van der Waals surface area contributed by atoms with Gasteiger partial charge in [0.05, 0.1) is 11.0 Å². The lowest BCUT2D eigenvalue weighted by Crippen LogP contribution is -1.82. The fraction of sp³-hybridized carbons (Fsp3) is 0. The number of aromatic amines is 1. The monoisotopic (exact) mass is 282 g/mol. The van der Waals surface area contributed by atoms with Gasteiger partial charge in [-0.15, -0.1) is 0 Å². The Morgan fingerprint density at radius 1 is 1.05 bits per heavy atom. The Kier molecular flexibility index (Phi) is 2.43. The van der Waals surface area contributed by atoms with Crippen molar-refractivity contribution in [3.05, 3.63) is 42.5 Å². The Labute approximate surface area is 118 Å². The van der Waals surface area contributed by atoms with Gasteiger partial charge in [0, 0.05) is 17.4 Å². The molecule has 0 fully saturated rings. The van der Waals surface area contributed by atoms with Crippen LogP contribution < -0.4 is 5.73 Å². The van der Waals surface area contributed by atoms with Gasteiger partial charge in [-0.1, -0.05) is 12.1 Å². The van der Waals surface area contributed by atoms with Gasteiger partial charge < -0.3 is 15.1 Å². The lowest BCUT2D eigenvalue weighted by atomic mass is 10.3. The molecule has 0 saturated heterocycles. The van der Waals surface area contributed by atoms with E-state index in [0.29, 0.717) is 10.9 Å². The minimum Gasteiger partial charge on any atom is -0.431 e. The molecule has 0 saturated carbocycles. The predicted molar refractivity (Wildman–Crippen MR) is 78.6 cm³/mol. The van der Waals surface area contributed by atoms with Crippen molar-refractivity contribution < 1.29 is 4.42 Å². The SMILES string of the molecule is Nc1ccc2oc(Sc3nc4ccccc4[nH]3)nc2c1. The van der Waals surface area contributed by atoms with E-state index >= 15 is 0 Å². The van der Waals surface area contributed by atoms with Crippen LogP contribution in [0.1, 0.15) is 0 Å². The molecule has 20 heavy (non-hydrogen) atoms. The number of fused-ring (bicyclic) bond motifs is 2. The Bertz CT molecular complexity index is 879. The number of nitrogens with one attached hydrogen (secondary N) is 1. The number of aromatic nitrogens is 3. The Morgan fingerprint density at radius 3 is 2.85 bits per heavy atom. The van der Waals surface area contributed by atoms with Gasteiger partial charge in [0.1, 0.15) is 5.52 Å². The first-order valence-electron chi connectivity index (χ1n) is 6.06. The van der Waals surface area contributed by atoms with Crippen LogP contribution in [0.3, 0.4) is 0 Å². The highest BCUT2D eigenvalue weighted by molar-refractivity contribution is 7.99. The van der Waals surface area contributed by atoms with Gasteiger partial charge in [0.25, 0.3) is 5.22 Å². The summed E-state index contributed by atoms with van der Waals surface area (Å²) in [7, 11) is 0. The van der Waals surface area contributed by atoms with E-state index in [2.05, 4.69) is 15.0 Å². The molecule has 98 valence electrons. The lowest BCUT2D eigenvalue weighted by Gasteiger charge is -1.88. The Hall–Kier alpha value is -2.47. The molecule has 0 unspecified atom stereocenters. The molecule has 2 heterocycles. The number of para-hydroxylation sites is 2. The topological polar surface area (TPSA) is 80.7 Å². The number of hydrogen-bond acceptors (Lipinski definition) is 5. The number of imidazole rings is 1. The summed E-state index contributed by atoms with van der Waals surface area (Å²) in [6, 6.07) is 13.3. The van der Waals surface area contributed by atoms with Gasteiger partial charge in [-0.25, -0.2) is 9.97 Å². The standard InChI is InChI=1S/C14H10N4OS/c15-8-5-6-12-11(7-8)18-14(19-12)20-13-16-9-3-1-2-4-10(9)17-13/h1-7H,15H2,(H,16,17). The molecule has 0 radical (unpaired) electrons. The zero-order chi connectivity index (χ0) is 13.5. The van der Waals surface area contributed by atoms with Crippen molar-refractivity contribution in [2.45, 2.75) is 10.4 Å². The maximum atomic E-state index is 5.73. The zero-order valence-corrected chi connectivity index (χ0v) is 11.1. The average molecular weight is 282 g/mol. The lowest BCUT2D eigenvalue weighted by molar-refractivity contribution is 0.489. The molecule has 3 N–H and O–H groups in total. The van der Waals surface area contributed by atoms with E-state index in [-0.39, 0.29) is 0 Å². The van der Waals surface area contributed by atoms with E-state index in [0.717, 1.165) is 27.3 Å². The van der Waals surface area contributed by atoms with Crippen LogP contribution in [0.5, 0.6) is 0 Å². The summed E-state index contributed by atoms with van der Waals surface area (Å²) in [6.07, 6.45) is 0. The highest BCUT2D eigenvalue weighted by Gasteiger charge is 2.10. The number of anilines is 1. The summed E-state index contributed by atoms with van der Waals surface area (Å²) >= 11 is 1.36. The third-order valence-corrected chi connectivity index (χ3v) is 3.68. The fourth-order valence-electron chi connectivity index (χ4n) is 2.03. The second-order valence-electron chi connectivity index (χ2n) is 4.37. The first-order chi connectivity index (χ1) is 9.78. The summed E-state index contributed by atoms with van der Waals surface area (Å²) in [5.41, 5.74) is 9.80. The van der Waals surface area contributed by atoms with Gasteiger partial charge in [0.2, 0.25) is 0 Å². The van der Waals surface area contributed by atoms with Crippen molar-refractivity contribution in [3.8, 4) is 0 Å². The Morgan fingerprint density at radius 2 is 1.95 bits per heavy atom. The van der Waals surface area contributed by atoms with E-state index in [9.17, 15) is 0 Å². The van der Waals surface area contributed by atoms with Gasteiger partial charge in [0.15, 0.2) is 10.7 Å². The molecule has 0 amide bonds. The quantitative estimate of drug-likeness (QED) is 0.550. The van der Waals surface area contributed by atoms with Crippen LogP contribution in [0.25, 0.3) is 22.1 Å². The summed E-state index contributed by atoms with van der Waals surface area (Å²) in [5.74, 6) is 0. The summed E-state index contributed by atoms with van der Waals surface area (Å²) in [5, 5.41) is 1.30. The largest absolute Gasteiger partial charge is 0.431 e. The highest BCUT2D eigenvalue weighted by Crippen LogP contribution is 2.29. The van der Waals surface area contributed by atoms with Gasteiger partial charge in [-0.2, -0.15) is 0 Å². The van der Waals surface area contributed by atoms with Gasteiger partial charge >= 0.3 is 0 Å². The molecular formula is C14H10N4OS. The summed E-state index contributed by atoms with van der Waals surface area (Å²) in [6.45, 7) is 0. The van der Waals surface area contributed by atoms with E-state index in [1.807, 2.05) is 30.3 Å². The van der Waals surface area contributed by atoms with Crippen molar-refractivity contribution >= 4 is 39.6 Å². The van der Waals surface area contributed by atoms with E-state index in [1.165, 1.54) is 11.8 Å². The second kappa shape index (κ2) is 4.28. The number of nitrogens with zero attached hydrogens (tertiary/aromatic N) is 2. The minimum atomic E-state index is 0.546. The number of H-pyrrole nitrogens is 1. The van der Waals surface area contributed by atoms with E-state index in [1.54, 1.807) is 12.1 Å². The van der Waals surface area contributed by atoms with Crippen LogP contribution in [0, 0.1) is 0 Å². The molecule has 0 bridgehead atoms. The summed E-state index contributed by atoms with van der Waals surface area (Å²) < 4.78 is 5.66. The van der Waals surface area contributed by atoms with Crippen LogP contribution in [-0.4, -0.2) is 15.0 Å². The fourth-order valence-corrected chi connectivity index (χ4v) is 2.77. The van der Waals surface area contributed by atoms with Gasteiger partial charge in [-0.05, 0) is 30.3 Å². The molecule has 0 aliphatic heterocycles. The normalized spacial score (nSPS) is 11.4. The van der Waals surface area contributed by atoms with E-state index < -0.39 is 0 Å². The molecule has 2 aromatic carbocycles.